The number of aryl methyl sites for hydroxylation is 1. The summed E-state index contributed by atoms with van der Waals surface area (Å²) < 4.78 is 2.18. The van der Waals surface area contributed by atoms with E-state index >= 15 is 0 Å². The Hall–Kier alpha value is -3.01. The number of carbonyl (C=O) groups is 1. The van der Waals surface area contributed by atoms with Crippen molar-refractivity contribution >= 4 is 11.7 Å². The van der Waals surface area contributed by atoms with Crippen LogP contribution in [-0.4, -0.2) is 15.6 Å². The van der Waals surface area contributed by atoms with Crippen molar-refractivity contribution in [1.29, 1.82) is 0 Å². The van der Waals surface area contributed by atoms with E-state index in [4.69, 9.17) is 5.11 Å². The summed E-state index contributed by atoms with van der Waals surface area (Å²) in [6.45, 7) is 2.07. The van der Waals surface area contributed by atoms with Gasteiger partial charge in [0.1, 0.15) is 0 Å². The number of nitrogens with zero attached hydrogens (tertiary/aromatic N) is 1. The Morgan fingerprint density at radius 2 is 1.91 bits per heavy atom. The standard InChI is InChI=1S/C19H16N2O2/c1-12-4-9-16-15(11-12)20-18(17-3-2-10-21(16)17)13-5-7-14(8-6-13)19(22)23/h2-11,18,20H,1H3,(H,22,23)/t18-/m0/s1. The number of aromatic nitrogens is 1. The van der Waals surface area contributed by atoms with Gasteiger partial charge < -0.3 is 15.0 Å². The fraction of sp³-hybridized carbons (Fsp3) is 0.105. The van der Waals surface area contributed by atoms with Crippen molar-refractivity contribution < 1.29 is 9.90 Å². The minimum atomic E-state index is -0.905. The van der Waals surface area contributed by atoms with Gasteiger partial charge in [0.15, 0.2) is 0 Å². The predicted octanol–water partition coefficient (Wildman–Crippen LogP) is 4.00. The molecule has 23 heavy (non-hydrogen) atoms. The Balaban J connectivity index is 1.80. The molecular weight excluding hydrogens is 288 g/mol. The molecule has 4 rings (SSSR count). The van der Waals surface area contributed by atoms with Gasteiger partial charge in [-0.3, -0.25) is 0 Å². The minimum absolute atomic E-state index is 0.00199. The van der Waals surface area contributed by atoms with Crippen LogP contribution in [0.2, 0.25) is 0 Å². The van der Waals surface area contributed by atoms with Gasteiger partial charge in [-0.1, -0.05) is 18.2 Å². The van der Waals surface area contributed by atoms with Crippen LogP contribution < -0.4 is 5.32 Å². The molecule has 0 spiro atoms. The molecule has 1 aromatic heterocycles. The largest absolute Gasteiger partial charge is 0.478 e. The quantitative estimate of drug-likeness (QED) is 0.752. The van der Waals surface area contributed by atoms with E-state index in [1.54, 1.807) is 12.1 Å². The van der Waals surface area contributed by atoms with Crippen molar-refractivity contribution in [2.45, 2.75) is 13.0 Å². The van der Waals surface area contributed by atoms with Gasteiger partial charge in [0.2, 0.25) is 0 Å². The Morgan fingerprint density at radius 3 is 2.65 bits per heavy atom. The van der Waals surface area contributed by atoms with Crippen molar-refractivity contribution in [3.8, 4) is 5.69 Å². The summed E-state index contributed by atoms with van der Waals surface area (Å²) in [4.78, 5) is 11.0. The van der Waals surface area contributed by atoms with Gasteiger partial charge in [0, 0.05) is 11.9 Å². The van der Waals surface area contributed by atoms with E-state index in [1.165, 1.54) is 5.56 Å². The Bertz CT molecular complexity index is 894. The number of nitrogens with one attached hydrogen (secondary N) is 1. The lowest BCUT2D eigenvalue weighted by Crippen LogP contribution is -2.22. The van der Waals surface area contributed by atoms with Crippen LogP contribution in [0, 0.1) is 6.92 Å². The third-order valence-corrected chi connectivity index (χ3v) is 4.28. The van der Waals surface area contributed by atoms with Crippen molar-refractivity contribution in [2.75, 3.05) is 5.32 Å². The first-order valence-corrected chi connectivity index (χ1v) is 7.51. The highest BCUT2D eigenvalue weighted by Crippen LogP contribution is 2.37. The number of hydrogen-bond acceptors (Lipinski definition) is 2. The van der Waals surface area contributed by atoms with Crippen LogP contribution >= 0.6 is 0 Å². The van der Waals surface area contributed by atoms with E-state index in [0.717, 1.165) is 22.6 Å². The number of rotatable bonds is 2. The number of hydrogen-bond donors (Lipinski definition) is 2. The molecule has 2 aromatic carbocycles. The summed E-state index contributed by atoms with van der Waals surface area (Å²) in [7, 11) is 0. The van der Waals surface area contributed by atoms with Crippen LogP contribution in [0.3, 0.4) is 0 Å². The summed E-state index contributed by atoms with van der Waals surface area (Å²) in [6, 6.07) is 17.5. The molecular formula is C19H16N2O2. The molecule has 2 N–H and O–H groups in total. The van der Waals surface area contributed by atoms with Crippen LogP contribution in [0.25, 0.3) is 5.69 Å². The van der Waals surface area contributed by atoms with Crippen molar-refractivity contribution in [3.05, 3.63) is 83.2 Å². The van der Waals surface area contributed by atoms with Crippen LogP contribution in [-0.2, 0) is 0 Å². The van der Waals surface area contributed by atoms with E-state index in [1.807, 2.05) is 18.2 Å². The van der Waals surface area contributed by atoms with Gasteiger partial charge in [0.05, 0.1) is 23.0 Å². The maximum absolute atomic E-state index is 11.0. The zero-order valence-electron chi connectivity index (χ0n) is 12.7. The van der Waals surface area contributed by atoms with Gasteiger partial charge in [-0.25, -0.2) is 4.79 Å². The Kier molecular flexibility index (Phi) is 2.98. The van der Waals surface area contributed by atoms with E-state index in [0.29, 0.717) is 5.56 Å². The molecule has 2 heterocycles. The molecule has 0 radical (unpaired) electrons. The van der Waals surface area contributed by atoms with Gasteiger partial charge >= 0.3 is 5.97 Å². The lowest BCUT2D eigenvalue weighted by molar-refractivity contribution is 0.0697. The maximum Gasteiger partial charge on any atom is 0.335 e. The first kappa shape index (κ1) is 13.6. The van der Waals surface area contributed by atoms with Crippen LogP contribution in [0.5, 0.6) is 0 Å². The lowest BCUT2D eigenvalue weighted by atomic mass is 9.99. The average Bonchev–Trinajstić information content (AvgIpc) is 3.03. The second-order valence-electron chi connectivity index (χ2n) is 5.83. The Labute approximate surface area is 134 Å². The van der Waals surface area contributed by atoms with Crippen molar-refractivity contribution in [2.24, 2.45) is 0 Å². The summed E-state index contributed by atoms with van der Waals surface area (Å²) >= 11 is 0. The number of carboxylic acids is 1. The lowest BCUT2D eigenvalue weighted by Gasteiger charge is -2.30. The molecule has 1 aliphatic heterocycles. The summed E-state index contributed by atoms with van der Waals surface area (Å²) in [5, 5.41) is 12.6. The highest BCUT2D eigenvalue weighted by atomic mass is 16.4. The van der Waals surface area contributed by atoms with E-state index in [2.05, 4.69) is 47.3 Å². The zero-order chi connectivity index (χ0) is 16.0. The maximum atomic E-state index is 11.0. The van der Waals surface area contributed by atoms with Gasteiger partial charge in [0.25, 0.3) is 0 Å². The predicted molar refractivity (Wildman–Crippen MR) is 89.4 cm³/mol. The molecule has 0 saturated carbocycles. The SMILES string of the molecule is Cc1ccc2c(c1)N[C@@H](c1ccc(C(=O)O)cc1)c1cccn1-2. The smallest absolute Gasteiger partial charge is 0.335 e. The fourth-order valence-electron chi connectivity index (χ4n) is 3.13. The molecule has 0 amide bonds. The average molecular weight is 304 g/mol. The highest BCUT2D eigenvalue weighted by molar-refractivity contribution is 5.87. The van der Waals surface area contributed by atoms with E-state index < -0.39 is 5.97 Å². The molecule has 0 aliphatic carbocycles. The minimum Gasteiger partial charge on any atom is -0.478 e. The van der Waals surface area contributed by atoms with Gasteiger partial charge in [-0.15, -0.1) is 0 Å². The first-order chi connectivity index (χ1) is 11.1. The number of benzene rings is 2. The molecule has 4 heteroatoms. The monoisotopic (exact) mass is 304 g/mol. The second kappa shape index (κ2) is 5.02. The second-order valence-corrected chi connectivity index (χ2v) is 5.83. The van der Waals surface area contributed by atoms with Gasteiger partial charge in [-0.05, 0) is 54.4 Å². The van der Waals surface area contributed by atoms with Crippen molar-refractivity contribution in [3.63, 3.8) is 0 Å². The molecule has 0 unspecified atom stereocenters. The molecule has 0 saturated heterocycles. The third-order valence-electron chi connectivity index (χ3n) is 4.28. The van der Waals surface area contributed by atoms with Gasteiger partial charge in [-0.2, -0.15) is 0 Å². The Morgan fingerprint density at radius 1 is 1.13 bits per heavy atom. The number of aromatic carboxylic acids is 1. The molecule has 0 bridgehead atoms. The summed E-state index contributed by atoms with van der Waals surface area (Å²) in [5.41, 5.74) is 5.91. The zero-order valence-corrected chi connectivity index (χ0v) is 12.7. The number of anilines is 1. The van der Waals surface area contributed by atoms with E-state index in [9.17, 15) is 4.79 Å². The molecule has 1 atom stereocenters. The molecule has 3 aromatic rings. The fourth-order valence-corrected chi connectivity index (χ4v) is 3.13. The normalized spacial score (nSPS) is 15.4. The van der Waals surface area contributed by atoms with Crippen molar-refractivity contribution in [1.82, 2.24) is 4.57 Å². The van der Waals surface area contributed by atoms with Crippen LogP contribution in [0.1, 0.15) is 33.2 Å². The topological polar surface area (TPSA) is 54.3 Å². The summed E-state index contributed by atoms with van der Waals surface area (Å²) in [6.07, 6.45) is 2.06. The summed E-state index contributed by atoms with van der Waals surface area (Å²) in [5.74, 6) is -0.905. The highest BCUT2D eigenvalue weighted by Gasteiger charge is 2.25. The molecule has 114 valence electrons. The molecule has 1 aliphatic rings. The van der Waals surface area contributed by atoms with Crippen LogP contribution in [0.4, 0.5) is 5.69 Å². The van der Waals surface area contributed by atoms with E-state index in [-0.39, 0.29) is 6.04 Å². The molecule has 0 fully saturated rings. The number of fused-ring (bicyclic) bond motifs is 3. The third kappa shape index (κ3) is 2.19. The first-order valence-electron chi connectivity index (χ1n) is 7.51. The van der Waals surface area contributed by atoms with Crippen LogP contribution in [0.15, 0.2) is 60.8 Å². The molecule has 4 nitrogen and oxygen atoms in total. The number of carboxylic acid groups (broad SMARTS) is 1.